The van der Waals surface area contributed by atoms with Gasteiger partial charge in [-0.2, -0.15) is 0 Å². The van der Waals surface area contributed by atoms with Gasteiger partial charge in [-0.05, 0) is 38.4 Å². The third kappa shape index (κ3) is 2.09. The van der Waals surface area contributed by atoms with Gasteiger partial charge in [0.2, 0.25) is 0 Å². The van der Waals surface area contributed by atoms with E-state index in [-0.39, 0.29) is 0 Å². The molecular weight excluding hydrogens is 138 g/mol. The first-order valence-electron chi connectivity index (χ1n) is 4.00. The van der Waals surface area contributed by atoms with E-state index in [4.69, 9.17) is 10.2 Å². The number of rotatable bonds is 3. The van der Waals surface area contributed by atoms with E-state index >= 15 is 0 Å². The molecule has 62 valence electrons. The van der Waals surface area contributed by atoms with Crippen molar-refractivity contribution in [3.8, 4) is 0 Å². The Balaban J connectivity index is 2.58. The molecule has 2 heteroatoms. The summed E-state index contributed by atoms with van der Waals surface area (Å²) in [7, 11) is 0. The number of furan rings is 1. The first-order valence-corrected chi connectivity index (χ1v) is 4.00. The van der Waals surface area contributed by atoms with Gasteiger partial charge in [0.05, 0.1) is 0 Å². The minimum atomic E-state index is 0.735. The molecule has 0 bridgehead atoms. The summed E-state index contributed by atoms with van der Waals surface area (Å²) in [5.74, 6) is 2.09. The van der Waals surface area contributed by atoms with E-state index in [1.165, 1.54) is 5.56 Å². The van der Waals surface area contributed by atoms with Crippen LogP contribution in [0, 0.1) is 13.8 Å². The first kappa shape index (κ1) is 8.34. The van der Waals surface area contributed by atoms with Gasteiger partial charge in [-0.25, -0.2) is 0 Å². The average Bonchev–Trinajstić information content (AvgIpc) is 2.28. The standard InChI is InChI=1S/C9H15NO/c1-7-6-9(4-3-5-10)11-8(7)2/h6H,3-5,10H2,1-2H3. The second-order valence-electron chi connectivity index (χ2n) is 2.84. The number of hydrogen-bond donors (Lipinski definition) is 1. The van der Waals surface area contributed by atoms with E-state index in [2.05, 4.69) is 13.0 Å². The van der Waals surface area contributed by atoms with Crippen LogP contribution in [0.25, 0.3) is 0 Å². The quantitative estimate of drug-likeness (QED) is 0.719. The van der Waals surface area contributed by atoms with Crippen LogP contribution >= 0.6 is 0 Å². The van der Waals surface area contributed by atoms with E-state index in [0.717, 1.165) is 30.9 Å². The Morgan fingerprint density at radius 3 is 2.64 bits per heavy atom. The molecule has 0 amide bonds. The van der Waals surface area contributed by atoms with Gasteiger partial charge in [0.15, 0.2) is 0 Å². The topological polar surface area (TPSA) is 39.2 Å². The van der Waals surface area contributed by atoms with Crippen LogP contribution in [0.1, 0.15) is 23.5 Å². The van der Waals surface area contributed by atoms with Crippen LogP contribution in [-0.4, -0.2) is 6.54 Å². The molecule has 0 aliphatic carbocycles. The van der Waals surface area contributed by atoms with Crippen LogP contribution in [0.4, 0.5) is 0 Å². The third-order valence-electron chi connectivity index (χ3n) is 1.84. The molecule has 1 aromatic rings. The molecule has 0 fully saturated rings. The van der Waals surface area contributed by atoms with Gasteiger partial charge in [0.25, 0.3) is 0 Å². The van der Waals surface area contributed by atoms with Crippen LogP contribution in [-0.2, 0) is 6.42 Å². The fraction of sp³-hybridized carbons (Fsp3) is 0.556. The van der Waals surface area contributed by atoms with Gasteiger partial charge in [0.1, 0.15) is 11.5 Å². The summed E-state index contributed by atoms with van der Waals surface area (Å²) >= 11 is 0. The lowest BCUT2D eigenvalue weighted by atomic mass is 10.2. The molecule has 0 aliphatic heterocycles. The molecule has 2 nitrogen and oxygen atoms in total. The summed E-state index contributed by atoms with van der Waals surface area (Å²) in [6.45, 7) is 4.78. The zero-order chi connectivity index (χ0) is 8.27. The normalized spacial score (nSPS) is 10.5. The highest BCUT2D eigenvalue weighted by Gasteiger charge is 2.01. The Bertz CT molecular complexity index is 208. The summed E-state index contributed by atoms with van der Waals surface area (Å²) in [6, 6.07) is 2.09. The molecular formula is C9H15NO. The maximum atomic E-state index is 5.46. The molecule has 0 radical (unpaired) electrons. The Morgan fingerprint density at radius 1 is 1.45 bits per heavy atom. The average molecular weight is 153 g/mol. The van der Waals surface area contributed by atoms with E-state index in [1.54, 1.807) is 0 Å². The highest BCUT2D eigenvalue weighted by molar-refractivity contribution is 5.18. The number of nitrogens with two attached hydrogens (primary N) is 1. The zero-order valence-corrected chi connectivity index (χ0v) is 7.18. The fourth-order valence-corrected chi connectivity index (χ4v) is 1.05. The van der Waals surface area contributed by atoms with Crippen molar-refractivity contribution in [2.24, 2.45) is 5.73 Å². The molecule has 1 heterocycles. The van der Waals surface area contributed by atoms with Crippen molar-refractivity contribution in [3.63, 3.8) is 0 Å². The monoisotopic (exact) mass is 153 g/mol. The second-order valence-corrected chi connectivity index (χ2v) is 2.84. The molecule has 0 saturated carbocycles. The zero-order valence-electron chi connectivity index (χ0n) is 7.18. The Labute approximate surface area is 67.4 Å². The summed E-state index contributed by atoms with van der Waals surface area (Å²) in [5, 5.41) is 0. The maximum Gasteiger partial charge on any atom is 0.104 e. The van der Waals surface area contributed by atoms with Crippen molar-refractivity contribution in [3.05, 3.63) is 23.2 Å². The van der Waals surface area contributed by atoms with E-state index < -0.39 is 0 Å². The van der Waals surface area contributed by atoms with Crippen molar-refractivity contribution in [1.29, 1.82) is 0 Å². The van der Waals surface area contributed by atoms with Crippen LogP contribution < -0.4 is 5.73 Å². The van der Waals surface area contributed by atoms with Crippen LogP contribution in [0.2, 0.25) is 0 Å². The van der Waals surface area contributed by atoms with Crippen LogP contribution in [0.5, 0.6) is 0 Å². The number of hydrogen-bond acceptors (Lipinski definition) is 2. The lowest BCUT2D eigenvalue weighted by Gasteiger charge is -1.91. The molecule has 0 saturated heterocycles. The molecule has 0 atom stereocenters. The summed E-state index contributed by atoms with van der Waals surface area (Å²) in [6.07, 6.45) is 1.97. The molecule has 0 spiro atoms. The van der Waals surface area contributed by atoms with E-state index in [9.17, 15) is 0 Å². The molecule has 0 unspecified atom stereocenters. The lowest BCUT2D eigenvalue weighted by molar-refractivity contribution is 0.477. The van der Waals surface area contributed by atoms with Crippen molar-refractivity contribution < 1.29 is 4.42 Å². The third-order valence-corrected chi connectivity index (χ3v) is 1.84. The predicted molar refractivity (Wildman–Crippen MR) is 45.6 cm³/mol. The molecule has 0 aromatic carbocycles. The highest BCUT2D eigenvalue weighted by Crippen LogP contribution is 2.13. The minimum absolute atomic E-state index is 0.735. The van der Waals surface area contributed by atoms with Crippen LogP contribution in [0.3, 0.4) is 0 Å². The largest absolute Gasteiger partial charge is 0.466 e. The molecule has 11 heavy (non-hydrogen) atoms. The van der Waals surface area contributed by atoms with Gasteiger partial charge in [-0.3, -0.25) is 0 Å². The van der Waals surface area contributed by atoms with Crippen LogP contribution in [0.15, 0.2) is 10.5 Å². The number of aryl methyl sites for hydroxylation is 3. The van der Waals surface area contributed by atoms with Crippen molar-refractivity contribution in [2.45, 2.75) is 26.7 Å². The SMILES string of the molecule is Cc1cc(CCCN)oc1C. The fourth-order valence-electron chi connectivity index (χ4n) is 1.05. The first-order chi connectivity index (χ1) is 5.24. The molecule has 2 N–H and O–H groups in total. The molecule has 1 aromatic heterocycles. The maximum absolute atomic E-state index is 5.46. The van der Waals surface area contributed by atoms with E-state index in [1.807, 2.05) is 6.92 Å². The predicted octanol–water partition coefficient (Wildman–Crippen LogP) is 1.79. The van der Waals surface area contributed by atoms with Gasteiger partial charge >= 0.3 is 0 Å². The van der Waals surface area contributed by atoms with Gasteiger partial charge < -0.3 is 10.2 Å². The Hall–Kier alpha value is -0.760. The summed E-state index contributed by atoms with van der Waals surface area (Å²) < 4.78 is 5.46. The Morgan fingerprint density at radius 2 is 2.18 bits per heavy atom. The van der Waals surface area contributed by atoms with Crippen molar-refractivity contribution in [1.82, 2.24) is 0 Å². The van der Waals surface area contributed by atoms with Gasteiger partial charge in [0, 0.05) is 6.42 Å². The van der Waals surface area contributed by atoms with E-state index in [0.29, 0.717) is 0 Å². The minimum Gasteiger partial charge on any atom is -0.466 e. The summed E-state index contributed by atoms with van der Waals surface area (Å²) in [5.41, 5.74) is 6.61. The van der Waals surface area contributed by atoms with Crippen molar-refractivity contribution in [2.75, 3.05) is 6.54 Å². The van der Waals surface area contributed by atoms with Gasteiger partial charge in [-0.1, -0.05) is 0 Å². The molecule has 0 aliphatic rings. The second kappa shape index (κ2) is 3.58. The Kier molecular flexibility index (Phi) is 2.71. The highest BCUT2D eigenvalue weighted by atomic mass is 16.3. The van der Waals surface area contributed by atoms with Crippen molar-refractivity contribution >= 4 is 0 Å². The lowest BCUT2D eigenvalue weighted by Crippen LogP contribution is -1.99. The molecule has 1 rings (SSSR count). The smallest absolute Gasteiger partial charge is 0.104 e. The van der Waals surface area contributed by atoms with Gasteiger partial charge in [-0.15, -0.1) is 0 Å². The summed E-state index contributed by atoms with van der Waals surface area (Å²) in [4.78, 5) is 0.